The highest BCUT2D eigenvalue weighted by atomic mass is 16.5. The predicted molar refractivity (Wildman–Crippen MR) is 178 cm³/mol. The standard InChI is InChI=1S/C36H38N6O6/c1-23-19-29(47-39-23)21-33(43)41-17-3-5-31(41)35(45)37-27-13-9-25(10-14-27)7-8-26-11-15-28(16-12-26)38-36(46)32-6-4-18-42(32)34(44)22-30-20-24(2)40-48-30/h7-16,19-20,31-32H,3-6,17-18,21-22H2,1-2H3,(H,37,45)(H,38,46)/t31-,32-/m0/s1. The van der Waals surface area contributed by atoms with Gasteiger partial charge in [0, 0.05) is 36.6 Å². The van der Waals surface area contributed by atoms with E-state index in [1.54, 1.807) is 35.8 Å². The molecule has 6 rings (SSSR count). The van der Waals surface area contributed by atoms with Gasteiger partial charge in [-0.1, -0.05) is 46.7 Å². The molecule has 2 atom stereocenters. The Labute approximate surface area is 278 Å². The molecular weight excluding hydrogens is 612 g/mol. The molecule has 248 valence electrons. The minimum Gasteiger partial charge on any atom is -0.361 e. The maximum atomic E-state index is 13.1. The van der Waals surface area contributed by atoms with Gasteiger partial charge >= 0.3 is 0 Å². The summed E-state index contributed by atoms with van der Waals surface area (Å²) in [5, 5.41) is 13.5. The van der Waals surface area contributed by atoms with Gasteiger partial charge in [0.1, 0.15) is 23.6 Å². The Morgan fingerprint density at radius 2 is 1.08 bits per heavy atom. The van der Waals surface area contributed by atoms with Crippen molar-refractivity contribution in [2.24, 2.45) is 0 Å². The molecule has 4 amide bonds. The highest BCUT2D eigenvalue weighted by Gasteiger charge is 2.35. The number of carbonyl (C=O) groups is 4. The number of aryl methyl sites for hydroxylation is 2. The van der Waals surface area contributed by atoms with Gasteiger partial charge < -0.3 is 29.5 Å². The van der Waals surface area contributed by atoms with Crippen LogP contribution in [0.15, 0.2) is 69.7 Å². The molecule has 0 aliphatic carbocycles. The summed E-state index contributed by atoms with van der Waals surface area (Å²) in [6, 6.07) is 17.4. The largest absolute Gasteiger partial charge is 0.361 e. The quantitative estimate of drug-likeness (QED) is 0.233. The van der Waals surface area contributed by atoms with Gasteiger partial charge in [-0.2, -0.15) is 0 Å². The summed E-state index contributed by atoms with van der Waals surface area (Å²) in [7, 11) is 0. The molecule has 2 saturated heterocycles. The van der Waals surface area contributed by atoms with Crippen LogP contribution >= 0.6 is 0 Å². The third kappa shape index (κ3) is 7.88. The molecule has 2 aliphatic rings. The number of hydrogen-bond acceptors (Lipinski definition) is 8. The first kappa shape index (κ1) is 32.4. The maximum Gasteiger partial charge on any atom is 0.247 e. The van der Waals surface area contributed by atoms with E-state index < -0.39 is 12.1 Å². The van der Waals surface area contributed by atoms with Gasteiger partial charge in [0.15, 0.2) is 0 Å². The molecule has 2 fully saturated rings. The lowest BCUT2D eigenvalue weighted by Gasteiger charge is -2.23. The number of aromatic nitrogens is 2. The second-order valence-corrected chi connectivity index (χ2v) is 12.3. The average Bonchev–Trinajstić information content (AvgIpc) is 3.90. The molecule has 4 heterocycles. The van der Waals surface area contributed by atoms with Gasteiger partial charge in [0.2, 0.25) is 23.6 Å². The highest BCUT2D eigenvalue weighted by Crippen LogP contribution is 2.23. The van der Waals surface area contributed by atoms with Crippen LogP contribution in [0.2, 0.25) is 0 Å². The third-order valence-electron chi connectivity index (χ3n) is 8.58. The average molecular weight is 651 g/mol. The number of anilines is 2. The van der Waals surface area contributed by atoms with Crippen LogP contribution in [0.1, 0.15) is 59.7 Å². The van der Waals surface area contributed by atoms with E-state index in [1.165, 1.54) is 0 Å². The SMILES string of the molecule is Cc1cc(CC(=O)N2CCC[C@H]2C(=O)Nc2ccc(C=Cc3ccc(NC(=O)[C@@H]4CCCN4C(=O)Cc4cc(C)no4)cc3)cc2)on1. The van der Waals surface area contributed by atoms with Crippen molar-refractivity contribution in [2.45, 2.75) is 64.5 Å². The second kappa shape index (κ2) is 14.5. The minimum absolute atomic E-state index is 0.0796. The monoisotopic (exact) mass is 650 g/mol. The van der Waals surface area contributed by atoms with E-state index in [9.17, 15) is 19.2 Å². The van der Waals surface area contributed by atoms with Crippen molar-refractivity contribution >= 4 is 47.2 Å². The Hall–Kier alpha value is -5.52. The van der Waals surface area contributed by atoms with E-state index in [-0.39, 0.29) is 36.5 Å². The van der Waals surface area contributed by atoms with Gasteiger partial charge in [-0.3, -0.25) is 19.2 Å². The fourth-order valence-corrected chi connectivity index (χ4v) is 6.17. The summed E-state index contributed by atoms with van der Waals surface area (Å²) in [5.41, 5.74) is 4.61. The van der Waals surface area contributed by atoms with E-state index >= 15 is 0 Å². The first-order valence-electron chi connectivity index (χ1n) is 16.1. The van der Waals surface area contributed by atoms with E-state index in [4.69, 9.17) is 9.05 Å². The highest BCUT2D eigenvalue weighted by molar-refractivity contribution is 5.98. The number of nitrogens with zero attached hydrogens (tertiary/aromatic N) is 4. The molecule has 2 N–H and O–H groups in total. The van der Waals surface area contributed by atoms with Gasteiger partial charge in [-0.15, -0.1) is 0 Å². The molecule has 48 heavy (non-hydrogen) atoms. The Kier molecular flexibility index (Phi) is 9.79. The maximum absolute atomic E-state index is 13.1. The van der Waals surface area contributed by atoms with E-state index in [0.717, 1.165) is 24.0 Å². The molecular formula is C36H38N6O6. The lowest BCUT2D eigenvalue weighted by Crippen LogP contribution is -2.43. The van der Waals surface area contributed by atoms with E-state index in [2.05, 4.69) is 20.9 Å². The summed E-state index contributed by atoms with van der Waals surface area (Å²) in [4.78, 5) is 55.1. The number of carbonyl (C=O) groups excluding carboxylic acids is 4. The summed E-state index contributed by atoms with van der Waals surface area (Å²) in [6.45, 7) is 4.66. The van der Waals surface area contributed by atoms with Gasteiger partial charge in [0.05, 0.1) is 24.2 Å². The van der Waals surface area contributed by atoms with Gasteiger partial charge in [0.25, 0.3) is 0 Å². The lowest BCUT2D eigenvalue weighted by molar-refractivity contribution is -0.136. The van der Waals surface area contributed by atoms with Crippen LogP contribution < -0.4 is 10.6 Å². The summed E-state index contributed by atoms with van der Waals surface area (Å²) < 4.78 is 10.3. The molecule has 0 saturated carbocycles. The third-order valence-corrected chi connectivity index (χ3v) is 8.58. The predicted octanol–water partition coefficient (Wildman–Crippen LogP) is 4.79. The molecule has 2 aliphatic heterocycles. The molecule has 0 unspecified atom stereocenters. The van der Waals surface area contributed by atoms with Crippen LogP contribution in [0.4, 0.5) is 11.4 Å². The molecule has 12 nitrogen and oxygen atoms in total. The zero-order chi connectivity index (χ0) is 33.6. The Bertz CT molecular complexity index is 1680. The van der Waals surface area contributed by atoms with Gasteiger partial charge in [-0.25, -0.2) is 0 Å². The van der Waals surface area contributed by atoms with Crippen molar-refractivity contribution in [2.75, 3.05) is 23.7 Å². The second-order valence-electron chi connectivity index (χ2n) is 12.3. The number of nitrogens with one attached hydrogen (secondary N) is 2. The number of benzene rings is 2. The molecule has 12 heteroatoms. The van der Waals surface area contributed by atoms with E-state index in [0.29, 0.717) is 60.2 Å². The van der Waals surface area contributed by atoms with Crippen molar-refractivity contribution in [3.8, 4) is 0 Å². The van der Waals surface area contributed by atoms with Crippen LogP contribution in [0, 0.1) is 13.8 Å². The first-order valence-corrected chi connectivity index (χ1v) is 16.1. The number of likely N-dealkylation sites (tertiary alicyclic amines) is 2. The summed E-state index contributed by atoms with van der Waals surface area (Å²) in [5.74, 6) is 0.263. The zero-order valence-electron chi connectivity index (χ0n) is 27.0. The Morgan fingerprint density at radius 3 is 1.44 bits per heavy atom. The van der Waals surface area contributed by atoms with Crippen molar-refractivity contribution in [3.05, 3.63) is 94.7 Å². The normalized spacial score (nSPS) is 17.6. The Balaban J connectivity index is 0.984. The van der Waals surface area contributed by atoms with Crippen LogP contribution in [0.25, 0.3) is 12.2 Å². The van der Waals surface area contributed by atoms with Gasteiger partial charge in [-0.05, 0) is 74.9 Å². The molecule has 4 aromatic rings. The topological polar surface area (TPSA) is 151 Å². The molecule has 2 aromatic carbocycles. The number of hydrogen-bond donors (Lipinski definition) is 2. The molecule has 0 bridgehead atoms. The number of amides is 4. The van der Waals surface area contributed by atoms with Crippen molar-refractivity contribution < 1.29 is 28.2 Å². The van der Waals surface area contributed by atoms with Crippen LogP contribution in [0.3, 0.4) is 0 Å². The Morgan fingerprint density at radius 1 is 0.688 bits per heavy atom. The summed E-state index contributed by atoms with van der Waals surface area (Å²) >= 11 is 0. The summed E-state index contributed by atoms with van der Waals surface area (Å²) in [6.07, 6.45) is 6.83. The van der Waals surface area contributed by atoms with Crippen LogP contribution in [0.5, 0.6) is 0 Å². The van der Waals surface area contributed by atoms with Crippen molar-refractivity contribution in [1.82, 2.24) is 20.1 Å². The van der Waals surface area contributed by atoms with Crippen molar-refractivity contribution in [1.29, 1.82) is 0 Å². The first-order chi connectivity index (χ1) is 23.2. The fraction of sp³-hybridized carbons (Fsp3) is 0.333. The van der Waals surface area contributed by atoms with Crippen LogP contribution in [-0.4, -0.2) is 68.9 Å². The van der Waals surface area contributed by atoms with Crippen molar-refractivity contribution in [3.63, 3.8) is 0 Å². The smallest absolute Gasteiger partial charge is 0.247 e. The van der Waals surface area contributed by atoms with E-state index in [1.807, 2.05) is 60.7 Å². The fourth-order valence-electron chi connectivity index (χ4n) is 6.17. The lowest BCUT2D eigenvalue weighted by atomic mass is 10.1. The molecule has 0 radical (unpaired) electrons. The molecule has 2 aromatic heterocycles. The van der Waals surface area contributed by atoms with Crippen LogP contribution in [-0.2, 0) is 32.0 Å². The molecule has 0 spiro atoms. The number of rotatable bonds is 10. The minimum atomic E-state index is -0.525. The zero-order valence-corrected chi connectivity index (χ0v) is 27.0.